The summed E-state index contributed by atoms with van der Waals surface area (Å²) in [7, 11) is -0.673. The van der Waals surface area contributed by atoms with Gasteiger partial charge in [-0.2, -0.15) is 0 Å². The summed E-state index contributed by atoms with van der Waals surface area (Å²) in [5, 5.41) is 0. The van der Waals surface area contributed by atoms with Gasteiger partial charge in [0.25, 0.3) is 0 Å². The molecule has 0 radical (unpaired) electrons. The normalized spacial score (nSPS) is 15.9. The standard InChI is InChI=1S/C5H14OSi/c1-3-4-5(2)7-6/h5-6H,3-4,7H2,1-2H3. The summed E-state index contributed by atoms with van der Waals surface area (Å²) in [6.45, 7) is 4.27. The van der Waals surface area contributed by atoms with Crippen LogP contribution in [-0.4, -0.2) is 14.6 Å². The van der Waals surface area contributed by atoms with Crippen molar-refractivity contribution in [2.24, 2.45) is 0 Å². The molecule has 1 nitrogen and oxygen atoms in total. The van der Waals surface area contributed by atoms with Crippen LogP contribution in [0.4, 0.5) is 0 Å². The maximum absolute atomic E-state index is 8.60. The lowest BCUT2D eigenvalue weighted by Gasteiger charge is -2.00. The summed E-state index contributed by atoms with van der Waals surface area (Å²) in [6, 6.07) is 0. The molecule has 0 aromatic rings. The molecule has 0 saturated heterocycles. The molecule has 1 N–H and O–H groups in total. The van der Waals surface area contributed by atoms with Crippen molar-refractivity contribution in [3.8, 4) is 0 Å². The van der Waals surface area contributed by atoms with Crippen LogP contribution in [0.5, 0.6) is 0 Å². The zero-order valence-electron chi connectivity index (χ0n) is 5.15. The summed E-state index contributed by atoms with van der Waals surface area (Å²) >= 11 is 0. The fourth-order valence-corrected chi connectivity index (χ4v) is 1.17. The third kappa shape index (κ3) is 4.02. The van der Waals surface area contributed by atoms with Gasteiger partial charge in [0.15, 0.2) is 9.76 Å². The molecular formula is C5H14OSi. The lowest BCUT2D eigenvalue weighted by Crippen LogP contribution is -1.96. The Bertz CT molecular complexity index is 39.1. The lowest BCUT2D eigenvalue weighted by molar-refractivity contribution is 0.569. The maximum Gasteiger partial charge on any atom is 0.159 e. The Morgan fingerprint density at radius 3 is 2.43 bits per heavy atom. The van der Waals surface area contributed by atoms with Crippen molar-refractivity contribution < 1.29 is 4.80 Å². The zero-order chi connectivity index (χ0) is 5.70. The number of rotatable bonds is 3. The summed E-state index contributed by atoms with van der Waals surface area (Å²) in [6.07, 6.45) is 2.43. The van der Waals surface area contributed by atoms with E-state index in [1.807, 2.05) is 0 Å². The Morgan fingerprint density at radius 2 is 2.29 bits per heavy atom. The monoisotopic (exact) mass is 118 g/mol. The molecule has 1 unspecified atom stereocenters. The van der Waals surface area contributed by atoms with Crippen LogP contribution in [0.3, 0.4) is 0 Å². The summed E-state index contributed by atoms with van der Waals surface area (Å²) < 4.78 is 0. The van der Waals surface area contributed by atoms with E-state index in [1.165, 1.54) is 12.8 Å². The second-order valence-electron chi connectivity index (χ2n) is 2.08. The second-order valence-corrected chi connectivity index (χ2v) is 3.84. The van der Waals surface area contributed by atoms with Crippen LogP contribution in [-0.2, 0) is 0 Å². The maximum atomic E-state index is 8.60. The van der Waals surface area contributed by atoms with E-state index in [0.717, 1.165) is 0 Å². The highest BCUT2D eigenvalue weighted by Gasteiger charge is 1.95. The first-order valence-corrected chi connectivity index (χ1v) is 4.37. The van der Waals surface area contributed by atoms with Crippen LogP contribution >= 0.6 is 0 Å². The van der Waals surface area contributed by atoms with Gasteiger partial charge in [-0.15, -0.1) is 0 Å². The first-order valence-electron chi connectivity index (χ1n) is 2.92. The zero-order valence-corrected chi connectivity index (χ0v) is 6.56. The van der Waals surface area contributed by atoms with Crippen molar-refractivity contribution in [2.45, 2.75) is 32.2 Å². The number of hydrogen-bond donors (Lipinski definition) is 1. The minimum atomic E-state index is -0.673. The van der Waals surface area contributed by atoms with E-state index >= 15 is 0 Å². The molecule has 0 rings (SSSR count). The van der Waals surface area contributed by atoms with E-state index in [0.29, 0.717) is 5.54 Å². The molecule has 0 aromatic carbocycles. The molecule has 0 spiro atoms. The Labute approximate surface area is 47.7 Å². The molecule has 0 heterocycles. The van der Waals surface area contributed by atoms with Crippen LogP contribution in [0.15, 0.2) is 0 Å². The van der Waals surface area contributed by atoms with Gasteiger partial charge in [0, 0.05) is 0 Å². The minimum Gasteiger partial charge on any atom is -0.438 e. The third-order valence-electron chi connectivity index (χ3n) is 1.09. The highest BCUT2D eigenvalue weighted by Crippen LogP contribution is 2.07. The van der Waals surface area contributed by atoms with E-state index < -0.39 is 9.76 Å². The van der Waals surface area contributed by atoms with Crippen molar-refractivity contribution in [2.75, 3.05) is 0 Å². The molecule has 0 aliphatic carbocycles. The fourth-order valence-electron chi connectivity index (χ4n) is 0.584. The fraction of sp³-hybridized carbons (Fsp3) is 1.00. The molecule has 0 bridgehead atoms. The smallest absolute Gasteiger partial charge is 0.159 e. The molecule has 2 heteroatoms. The molecule has 0 fully saturated rings. The van der Waals surface area contributed by atoms with Gasteiger partial charge in [0.1, 0.15) is 0 Å². The van der Waals surface area contributed by atoms with Crippen LogP contribution < -0.4 is 0 Å². The van der Waals surface area contributed by atoms with Gasteiger partial charge in [-0.3, -0.25) is 0 Å². The van der Waals surface area contributed by atoms with Crippen LogP contribution in [0.1, 0.15) is 26.7 Å². The van der Waals surface area contributed by atoms with Crippen molar-refractivity contribution >= 4 is 9.76 Å². The third-order valence-corrected chi connectivity index (χ3v) is 2.12. The van der Waals surface area contributed by atoms with Gasteiger partial charge in [0.05, 0.1) is 0 Å². The van der Waals surface area contributed by atoms with Crippen molar-refractivity contribution in [1.29, 1.82) is 0 Å². The van der Waals surface area contributed by atoms with Crippen molar-refractivity contribution in [3.63, 3.8) is 0 Å². The molecule has 1 atom stereocenters. The minimum absolute atomic E-state index is 0.644. The van der Waals surface area contributed by atoms with Gasteiger partial charge in [-0.05, 0) is 5.54 Å². The summed E-state index contributed by atoms with van der Waals surface area (Å²) in [4.78, 5) is 8.60. The molecule has 0 amide bonds. The van der Waals surface area contributed by atoms with Gasteiger partial charge in [-0.1, -0.05) is 26.7 Å². The second kappa shape index (κ2) is 4.34. The summed E-state index contributed by atoms with van der Waals surface area (Å²) in [5.74, 6) is 0. The lowest BCUT2D eigenvalue weighted by atomic mass is 10.3. The SMILES string of the molecule is CCCC(C)[SiH2]O. The predicted molar refractivity (Wildman–Crippen MR) is 35.1 cm³/mol. The highest BCUT2D eigenvalue weighted by molar-refractivity contribution is 6.27. The quantitative estimate of drug-likeness (QED) is 0.540. The van der Waals surface area contributed by atoms with E-state index in [4.69, 9.17) is 4.80 Å². The molecule has 7 heavy (non-hydrogen) atoms. The average Bonchev–Trinajstić information content (AvgIpc) is 1.68. The molecule has 0 aromatic heterocycles. The Balaban J connectivity index is 2.83. The Morgan fingerprint density at radius 1 is 1.71 bits per heavy atom. The van der Waals surface area contributed by atoms with E-state index in [9.17, 15) is 0 Å². The number of hydrogen-bond acceptors (Lipinski definition) is 1. The first kappa shape index (κ1) is 7.18. The molecule has 0 aliphatic rings. The topological polar surface area (TPSA) is 20.2 Å². The van der Waals surface area contributed by atoms with Gasteiger partial charge in [-0.25, -0.2) is 0 Å². The Hall–Kier alpha value is 0.177. The van der Waals surface area contributed by atoms with Gasteiger partial charge >= 0.3 is 0 Å². The molecule has 0 saturated carbocycles. The van der Waals surface area contributed by atoms with Crippen molar-refractivity contribution in [1.82, 2.24) is 0 Å². The molecule has 44 valence electrons. The summed E-state index contributed by atoms with van der Waals surface area (Å²) in [5.41, 5.74) is 0.644. The molecule has 0 aliphatic heterocycles. The predicted octanol–water partition coefficient (Wildman–Crippen LogP) is 0.671. The molecular weight excluding hydrogens is 104 g/mol. The largest absolute Gasteiger partial charge is 0.438 e. The first-order chi connectivity index (χ1) is 3.31. The van der Waals surface area contributed by atoms with E-state index in [1.54, 1.807) is 0 Å². The Kier molecular flexibility index (Phi) is 4.45. The van der Waals surface area contributed by atoms with Crippen LogP contribution in [0, 0.1) is 0 Å². The van der Waals surface area contributed by atoms with E-state index in [2.05, 4.69) is 13.8 Å². The average molecular weight is 118 g/mol. The van der Waals surface area contributed by atoms with Gasteiger partial charge < -0.3 is 4.80 Å². The van der Waals surface area contributed by atoms with Crippen molar-refractivity contribution in [3.05, 3.63) is 0 Å². The highest BCUT2D eigenvalue weighted by atomic mass is 28.2. The van der Waals surface area contributed by atoms with E-state index in [-0.39, 0.29) is 0 Å². The van der Waals surface area contributed by atoms with Gasteiger partial charge in [0.2, 0.25) is 0 Å². The van der Waals surface area contributed by atoms with Crippen LogP contribution in [0.2, 0.25) is 5.54 Å². The van der Waals surface area contributed by atoms with Crippen LogP contribution in [0.25, 0.3) is 0 Å².